The van der Waals surface area contributed by atoms with Crippen molar-refractivity contribution in [2.24, 2.45) is 0 Å². The Hall–Kier alpha value is -0.580. The molecule has 2 rings (SSSR count). The Morgan fingerprint density at radius 2 is 2.11 bits per heavy atom. The van der Waals surface area contributed by atoms with Crippen LogP contribution >= 0.6 is 15.9 Å². The van der Waals surface area contributed by atoms with Gasteiger partial charge in [0.15, 0.2) is 0 Å². The van der Waals surface area contributed by atoms with Crippen LogP contribution in [0, 0.1) is 0 Å². The summed E-state index contributed by atoms with van der Waals surface area (Å²) < 4.78 is 6.56. The van der Waals surface area contributed by atoms with Gasteiger partial charge in [-0.1, -0.05) is 15.9 Å². The van der Waals surface area contributed by atoms with Gasteiger partial charge in [-0.2, -0.15) is 0 Å². The van der Waals surface area contributed by atoms with Gasteiger partial charge in [0.25, 0.3) is 0 Å². The van der Waals surface area contributed by atoms with Crippen LogP contribution in [0.1, 0.15) is 18.9 Å². The van der Waals surface area contributed by atoms with Gasteiger partial charge in [-0.3, -0.25) is 4.90 Å². The van der Waals surface area contributed by atoms with E-state index in [1.54, 1.807) is 7.11 Å². The zero-order valence-corrected chi connectivity index (χ0v) is 13.4. The van der Waals surface area contributed by atoms with E-state index in [4.69, 9.17) is 4.74 Å². The van der Waals surface area contributed by atoms with Crippen molar-refractivity contribution in [3.05, 3.63) is 28.2 Å². The number of nitrogens with zero attached hydrogens (tertiary/aromatic N) is 1. The third kappa shape index (κ3) is 4.20. The van der Waals surface area contributed by atoms with Crippen molar-refractivity contribution in [3.63, 3.8) is 0 Å². The number of methoxy groups -OCH3 is 1. The number of halogens is 1. The van der Waals surface area contributed by atoms with Gasteiger partial charge >= 0.3 is 0 Å². The third-order valence-corrected chi connectivity index (χ3v) is 4.34. The second-order valence-corrected chi connectivity index (χ2v) is 6.05. The van der Waals surface area contributed by atoms with Gasteiger partial charge in [0.2, 0.25) is 0 Å². The highest BCUT2D eigenvalue weighted by atomic mass is 79.9. The molecule has 1 aromatic carbocycles. The summed E-state index contributed by atoms with van der Waals surface area (Å²) in [6.45, 7) is 6.89. The maximum absolute atomic E-state index is 5.43. The van der Waals surface area contributed by atoms with Gasteiger partial charge in [0.1, 0.15) is 5.75 Å². The smallest absolute Gasteiger partial charge is 0.122 e. The molecule has 0 saturated carbocycles. The Balaban J connectivity index is 1.92. The van der Waals surface area contributed by atoms with Gasteiger partial charge < -0.3 is 10.1 Å². The largest absolute Gasteiger partial charge is 0.496 e. The molecule has 0 amide bonds. The number of nitrogens with one attached hydrogen (secondary N) is 1. The summed E-state index contributed by atoms with van der Waals surface area (Å²) >= 11 is 3.53. The fourth-order valence-electron chi connectivity index (χ4n) is 2.61. The van der Waals surface area contributed by atoms with Crippen LogP contribution in [0.15, 0.2) is 22.7 Å². The summed E-state index contributed by atoms with van der Waals surface area (Å²) in [6, 6.07) is 6.87. The van der Waals surface area contributed by atoms with E-state index in [1.165, 1.54) is 12.0 Å². The number of aryl methyl sites for hydroxylation is 1. The van der Waals surface area contributed by atoms with Crippen LogP contribution in [-0.2, 0) is 6.42 Å². The highest BCUT2D eigenvalue weighted by Crippen LogP contribution is 2.25. The Kier molecular flexibility index (Phi) is 5.67. The van der Waals surface area contributed by atoms with Gasteiger partial charge in [0.05, 0.1) is 7.11 Å². The van der Waals surface area contributed by atoms with E-state index in [9.17, 15) is 0 Å². The minimum absolute atomic E-state index is 0.630. The molecule has 4 heteroatoms. The molecule has 1 N–H and O–H groups in total. The molecule has 3 nitrogen and oxygen atoms in total. The Bertz CT molecular complexity index is 405. The SMILES string of the molecule is COc1ccc(Br)cc1CCC(C)N1CCNCC1. The van der Waals surface area contributed by atoms with Gasteiger partial charge in [-0.15, -0.1) is 0 Å². The van der Waals surface area contributed by atoms with Crippen LogP contribution in [0.25, 0.3) is 0 Å². The molecular formula is C15H23BrN2O. The van der Waals surface area contributed by atoms with Crippen molar-refractivity contribution in [1.82, 2.24) is 10.2 Å². The van der Waals surface area contributed by atoms with E-state index in [-0.39, 0.29) is 0 Å². The highest BCUT2D eigenvalue weighted by Gasteiger charge is 2.16. The van der Waals surface area contributed by atoms with Crippen LogP contribution in [0.5, 0.6) is 5.75 Å². The van der Waals surface area contributed by atoms with E-state index < -0.39 is 0 Å². The molecule has 1 heterocycles. The molecule has 0 spiro atoms. The van der Waals surface area contributed by atoms with Crippen LogP contribution < -0.4 is 10.1 Å². The first kappa shape index (κ1) is 14.8. The molecule has 1 aromatic rings. The lowest BCUT2D eigenvalue weighted by molar-refractivity contribution is 0.176. The zero-order valence-electron chi connectivity index (χ0n) is 11.8. The van der Waals surface area contributed by atoms with Crippen molar-refractivity contribution < 1.29 is 4.74 Å². The number of piperazine rings is 1. The van der Waals surface area contributed by atoms with E-state index in [2.05, 4.69) is 39.1 Å². The summed E-state index contributed by atoms with van der Waals surface area (Å²) in [5.74, 6) is 0.996. The maximum Gasteiger partial charge on any atom is 0.122 e. The molecule has 19 heavy (non-hydrogen) atoms. The molecule has 1 aliphatic rings. The van der Waals surface area contributed by atoms with Crippen molar-refractivity contribution in [1.29, 1.82) is 0 Å². The predicted molar refractivity (Wildman–Crippen MR) is 82.9 cm³/mol. The minimum atomic E-state index is 0.630. The van der Waals surface area contributed by atoms with Crippen molar-refractivity contribution in [2.75, 3.05) is 33.3 Å². The zero-order chi connectivity index (χ0) is 13.7. The number of hydrogen-bond donors (Lipinski definition) is 1. The molecule has 106 valence electrons. The lowest BCUT2D eigenvalue weighted by Crippen LogP contribution is -2.47. The molecule has 1 atom stereocenters. The molecule has 1 aliphatic heterocycles. The fraction of sp³-hybridized carbons (Fsp3) is 0.600. The highest BCUT2D eigenvalue weighted by molar-refractivity contribution is 9.10. The second kappa shape index (κ2) is 7.27. The average molecular weight is 327 g/mol. The summed E-state index contributed by atoms with van der Waals surface area (Å²) in [5, 5.41) is 3.40. The van der Waals surface area contributed by atoms with Crippen LogP contribution in [0.3, 0.4) is 0 Å². The molecule has 0 aromatic heterocycles. The quantitative estimate of drug-likeness (QED) is 0.900. The lowest BCUT2D eigenvalue weighted by Gasteiger charge is -2.33. The molecule has 1 unspecified atom stereocenters. The Morgan fingerprint density at radius 1 is 1.37 bits per heavy atom. The summed E-state index contributed by atoms with van der Waals surface area (Å²) in [6.07, 6.45) is 2.24. The normalized spacial score (nSPS) is 18.3. The first-order valence-corrected chi connectivity index (χ1v) is 7.77. The molecule has 0 aliphatic carbocycles. The van der Waals surface area contributed by atoms with Crippen LogP contribution in [-0.4, -0.2) is 44.2 Å². The molecule has 1 fully saturated rings. The number of benzene rings is 1. The predicted octanol–water partition coefficient (Wildman–Crippen LogP) is 2.68. The van der Waals surface area contributed by atoms with E-state index >= 15 is 0 Å². The number of rotatable bonds is 5. The van der Waals surface area contributed by atoms with Crippen molar-refractivity contribution in [2.45, 2.75) is 25.8 Å². The summed E-state index contributed by atoms with van der Waals surface area (Å²) in [5.41, 5.74) is 1.29. The summed E-state index contributed by atoms with van der Waals surface area (Å²) in [7, 11) is 1.74. The van der Waals surface area contributed by atoms with Gasteiger partial charge in [0, 0.05) is 36.7 Å². The lowest BCUT2D eigenvalue weighted by atomic mass is 10.0. The maximum atomic E-state index is 5.43. The molecule has 0 bridgehead atoms. The monoisotopic (exact) mass is 326 g/mol. The van der Waals surface area contributed by atoms with Gasteiger partial charge in [-0.25, -0.2) is 0 Å². The van der Waals surface area contributed by atoms with Crippen molar-refractivity contribution >= 4 is 15.9 Å². The molecule has 1 saturated heterocycles. The second-order valence-electron chi connectivity index (χ2n) is 5.13. The third-order valence-electron chi connectivity index (χ3n) is 3.85. The average Bonchev–Trinajstić information content (AvgIpc) is 2.46. The molecule has 0 radical (unpaired) electrons. The van der Waals surface area contributed by atoms with E-state index in [0.29, 0.717) is 6.04 Å². The number of ether oxygens (including phenoxy) is 1. The van der Waals surface area contributed by atoms with Crippen LogP contribution in [0.4, 0.5) is 0 Å². The van der Waals surface area contributed by atoms with E-state index in [0.717, 1.165) is 42.8 Å². The summed E-state index contributed by atoms with van der Waals surface area (Å²) in [4.78, 5) is 2.57. The first-order chi connectivity index (χ1) is 9.20. The standard InChI is InChI=1S/C15H23BrN2O/c1-12(18-9-7-17-8-10-18)3-4-13-11-14(16)5-6-15(13)19-2/h5-6,11-12,17H,3-4,7-10H2,1-2H3. The van der Waals surface area contributed by atoms with Crippen LogP contribution in [0.2, 0.25) is 0 Å². The fourth-order valence-corrected chi connectivity index (χ4v) is 3.02. The van der Waals surface area contributed by atoms with E-state index in [1.807, 2.05) is 12.1 Å². The Morgan fingerprint density at radius 3 is 2.79 bits per heavy atom. The number of hydrogen-bond acceptors (Lipinski definition) is 3. The van der Waals surface area contributed by atoms with Gasteiger partial charge in [-0.05, 0) is 43.5 Å². The minimum Gasteiger partial charge on any atom is -0.496 e. The topological polar surface area (TPSA) is 24.5 Å². The molecular weight excluding hydrogens is 304 g/mol. The first-order valence-electron chi connectivity index (χ1n) is 6.98. The Labute approximate surface area is 124 Å². The van der Waals surface area contributed by atoms with Crippen molar-refractivity contribution in [3.8, 4) is 5.75 Å².